The summed E-state index contributed by atoms with van der Waals surface area (Å²) < 4.78 is 52.2. The molecule has 2 rings (SSSR count). The van der Waals surface area contributed by atoms with Crippen LogP contribution in [-0.4, -0.2) is 110 Å². The van der Waals surface area contributed by atoms with Gasteiger partial charge in [0.2, 0.25) is 11.8 Å². The summed E-state index contributed by atoms with van der Waals surface area (Å²) in [5.74, 6) is -0.221. The van der Waals surface area contributed by atoms with Crippen LogP contribution in [0.3, 0.4) is 0 Å². The van der Waals surface area contributed by atoms with Crippen LogP contribution in [0.15, 0.2) is 15.8 Å². The van der Waals surface area contributed by atoms with Crippen molar-refractivity contribution in [2.45, 2.75) is 238 Å². The van der Waals surface area contributed by atoms with Gasteiger partial charge in [-0.3, -0.25) is 28.5 Å². The summed E-state index contributed by atoms with van der Waals surface area (Å²) in [6.45, 7) is -2.98. The fraction of sp³-hybridized carbons (Fsp3) is 0.865. The van der Waals surface area contributed by atoms with E-state index in [-0.39, 0.29) is 50.1 Å². The van der Waals surface area contributed by atoms with Crippen molar-refractivity contribution in [1.82, 2.24) is 25.5 Å². The number of hydrogen-bond acceptors (Lipinski definition) is 17. The number of rotatable bonds is 48. The monoisotopic (exact) mass is 1160 g/mol. The predicted octanol–water partition coefficient (Wildman–Crippen LogP) is 9.10. The SMILES string of the molecule is CCCCCCCCCCCCCC(=O)NCC(CNC(=O)CCCCCCCCCCCCC)OC(=O)NCCCCCCOP([O-])(=S)OCC(O)COP(=O)([S-])OC1CC(n2cc(C)c(=O)[nH]c2=O)OC1COC. The second kappa shape index (κ2) is 42.7. The molecule has 6 atom stereocenters. The van der Waals surface area contributed by atoms with Gasteiger partial charge in [-0.2, -0.15) is 0 Å². The van der Waals surface area contributed by atoms with Gasteiger partial charge in [-0.15, -0.1) is 0 Å². The molecule has 1 aromatic heterocycles. The topological polar surface area (TPSA) is 267 Å². The van der Waals surface area contributed by atoms with E-state index in [1.807, 2.05) is 0 Å². The summed E-state index contributed by atoms with van der Waals surface area (Å²) >= 11 is 10.0. The number of aliphatic hydroxyl groups is 1. The Morgan fingerprint density at radius 2 is 1.26 bits per heavy atom. The van der Waals surface area contributed by atoms with Gasteiger partial charge in [0.1, 0.15) is 31.3 Å². The van der Waals surface area contributed by atoms with Crippen LogP contribution in [0.25, 0.3) is 0 Å². The van der Waals surface area contributed by atoms with Crippen molar-refractivity contribution in [2.24, 2.45) is 0 Å². The number of aromatic amines is 1. The summed E-state index contributed by atoms with van der Waals surface area (Å²) in [5, 5.41) is 18.9. The molecule has 1 aliphatic rings. The van der Waals surface area contributed by atoms with Crippen molar-refractivity contribution in [3.63, 3.8) is 0 Å². The van der Waals surface area contributed by atoms with E-state index in [4.69, 9.17) is 56.4 Å². The van der Waals surface area contributed by atoms with Crippen LogP contribution in [0.5, 0.6) is 0 Å². The molecule has 5 N–H and O–H groups in total. The lowest BCUT2D eigenvalue weighted by atomic mass is 10.1. The van der Waals surface area contributed by atoms with E-state index in [2.05, 4.69) is 34.8 Å². The lowest BCUT2D eigenvalue weighted by Crippen LogP contribution is -2.44. The Morgan fingerprint density at radius 1 is 0.776 bits per heavy atom. The molecule has 0 aromatic carbocycles. The smallest absolute Gasteiger partial charge is 0.407 e. The third-order valence-corrected chi connectivity index (χ3v) is 16.2. The summed E-state index contributed by atoms with van der Waals surface area (Å²) in [6.07, 6.45) is 25.3. The van der Waals surface area contributed by atoms with Gasteiger partial charge in [0, 0.05) is 44.7 Å². The van der Waals surface area contributed by atoms with Crippen molar-refractivity contribution in [3.05, 3.63) is 32.6 Å². The van der Waals surface area contributed by atoms with E-state index in [0.29, 0.717) is 45.1 Å². The number of ether oxygens (including phenoxy) is 3. The molecule has 0 spiro atoms. The number of hydrogen-bond donors (Lipinski definition) is 5. The van der Waals surface area contributed by atoms with Crippen molar-refractivity contribution in [2.75, 3.05) is 53.2 Å². The summed E-state index contributed by atoms with van der Waals surface area (Å²) in [6, 6.07) is 0. The maximum absolute atomic E-state index is 13.1. The molecule has 442 valence electrons. The molecule has 1 fully saturated rings. The zero-order valence-electron chi connectivity index (χ0n) is 46.2. The average Bonchev–Trinajstić information content (AvgIpc) is 3.76. The molecule has 0 radical (unpaired) electrons. The maximum atomic E-state index is 13.1. The molecular formula is C52H95N5O15P2S2-2. The van der Waals surface area contributed by atoms with E-state index in [1.165, 1.54) is 128 Å². The van der Waals surface area contributed by atoms with Crippen LogP contribution in [0.4, 0.5) is 4.79 Å². The quantitative estimate of drug-likeness (QED) is 0.0231. The largest absolute Gasteiger partial charge is 0.780 e. The zero-order valence-corrected chi connectivity index (χ0v) is 49.7. The highest BCUT2D eigenvalue weighted by atomic mass is 32.7. The first-order valence-electron chi connectivity index (χ1n) is 28.4. The summed E-state index contributed by atoms with van der Waals surface area (Å²) in [4.78, 5) is 77.5. The average molecular weight is 1160 g/mol. The van der Waals surface area contributed by atoms with Gasteiger partial charge >= 0.3 is 11.8 Å². The molecule has 1 saturated heterocycles. The van der Waals surface area contributed by atoms with Crippen molar-refractivity contribution in [1.29, 1.82) is 0 Å². The molecule has 3 amide bonds. The number of H-pyrrole nitrogens is 1. The van der Waals surface area contributed by atoms with Crippen LogP contribution >= 0.6 is 13.5 Å². The number of nitrogens with zero attached hydrogens (tertiary/aromatic N) is 1. The highest BCUT2D eigenvalue weighted by molar-refractivity contribution is 8.32. The number of aryl methyl sites for hydroxylation is 1. The van der Waals surface area contributed by atoms with Crippen molar-refractivity contribution < 1.29 is 61.3 Å². The maximum Gasteiger partial charge on any atom is 0.407 e. The van der Waals surface area contributed by atoms with Gasteiger partial charge in [0.15, 0.2) is 6.80 Å². The fourth-order valence-corrected chi connectivity index (χ4v) is 11.2. The molecular weight excluding hydrogens is 1060 g/mol. The summed E-state index contributed by atoms with van der Waals surface area (Å²) in [5.41, 5.74) is -0.966. The van der Waals surface area contributed by atoms with Crippen LogP contribution in [-0.2, 0) is 70.5 Å². The van der Waals surface area contributed by atoms with Crippen LogP contribution in [0, 0.1) is 6.92 Å². The fourth-order valence-electron chi connectivity index (χ4n) is 8.56. The molecule has 76 heavy (non-hydrogen) atoms. The first-order valence-corrected chi connectivity index (χ1v) is 33.5. The molecule has 6 unspecified atom stereocenters. The first-order chi connectivity index (χ1) is 36.5. The third-order valence-electron chi connectivity index (χ3n) is 13.0. The van der Waals surface area contributed by atoms with Crippen LogP contribution in [0.1, 0.15) is 212 Å². The van der Waals surface area contributed by atoms with Gasteiger partial charge in [0.05, 0.1) is 45.6 Å². The first kappa shape index (κ1) is 69.9. The van der Waals surface area contributed by atoms with E-state index in [0.717, 1.165) is 38.5 Å². The second-order valence-electron chi connectivity index (χ2n) is 20.0. The number of nitrogens with one attached hydrogen (secondary N) is 4. The molecule has 1 aromatic rings. The highest BCUT2D eigenvalue weighted by Crippen LogP contribution is 2.50. The van der Waals surface area contributed by atoms with E-state index >= 15 is 0 Å². The molecule has 0 saturated carbocycles. The van der Waals surface area contributed by atoms with Gasteiger partial charge in [-0.1, -0.05) is 167 Å². The Morgan fingerprint density at radius 3 is 1.79 bits per heavy atom. The highest BCUT2D eigenvalue weighted by Gasteiger charge is 2.39. The Bertz CT molecular complexity index is 1910. The number of methoxy groups -OCH3 is 1. The minimum atomic E-state index is -4.24. The van der Waals surface area contributed by atoms with Crippen molar-refractivity contribution >= 4 is 55.5 Å². The normalized spacial score (nSPS) is 17.6. The number of carbonyl (C=O) groups is 3. The minimum Gasteiger partial charge on any atom is -0.780 e. The number of amides is 3. The Labute approximate surface area is 463 Å². The lowest BCUT2D eigenvalue weighted by Gasteiger charge is -2.31. The van der Waals surface area contributed by atoms with Gasteiger partial charge < -0.3 is 70.5 Å². The molecule has 2 heterocycles. The molecule has 24 heteroatoms. The number of alkyl carbamates (subject to hydrolysis) is 1. The number of unbranched alkanes of at least 4 members (excludes halogenated alkanes) is 23. The Hall–Kier alpha value is -2.20. The molecule has 1 aliphatic heterocycles. The minimum absolute atomic E-state index is 0.000969. The predicted molar refractivity (Wildman–Crippen MR) is 299 cm³/mol. The van der Waals surface area contributed by atoms with Crippen LogP contribution in [0.2, 0.25) is 0 Å². The van der Waals surface area contributed by atoms with E-state index < -0.39 is 74.7 Å². The summed E-state index contributed by atoms with van der Waals surface area (Å²) in [7, 11) is 1.42. The van der Waals surface area contributed by atoms with Gasteiger partial charge in [-0.25, -0.2) is 9.59 Å². The third kappa shape index (κ3) is 34.7. The van der Waals surface area contributed by atoms with Crippen LogP contribution < -0.4 is 32.1 Å². The lowest BCUT2D eigenvalue weighted by molar-refractivity contribution is -0.208. The van der Waals surface area contributed by atoms with Crippen molar-refractivity contribution in [3.8, 4) is 0 Å². The number of aliphatic hydroxyl groups excluding tert-OH is 1. The molecule has 0 aliphatic carbocycles. The van der Waals surface area contributed by atoms with Gasteiger partial charge in [0.25, 0.3) is 5.56 Å². The zero-order chi connectivity index (χ0) is 55.9. The Balaban J connectivity index is 1.68. The second-order valence-corrected chi connectivity index (χ2v) is 25.4. The number of aromatic nitrogens is 2. The Kier molecular flexibility index (Phi) is 39.2. The molecule has 0 bridgehead atoms. The van der Waals surface area contributed by atoms with Gasteiger partial charge in [-0.05, 0) is 32.6 Å². The standard InChI is InChI=1S/C52H97N5O15P2S2/c1-5-7-9-11-13-15-17-19-21-23-27-31-47(59)54-36-44(37-55-48(60)32-28-24-22-20-18-16-14-12-10-8-6-2)70-52(63)53-33-29-25-26-30-34-67-73(64,75)68-39-43(58)40-69-74(65,76)72-45-35-49(71-46(45)41-66-4)57-38-42(3)50(61)56-51(57)62/h38,43-46,49,58H,5-37,39-41H2,1-4H3,(H,53,63)(H,54,59)(H,55,60)(H,64,75)(H,65,76)(H,56,61,62)/p-2. The van der Waals surface area contributed by atoms with E-state index in [9.17, 15) is 38.5 Å². The number of carbonyl (C=O) groups excluding carboxylic acids is 3. The van der Waals surface area contributed by atoms with E-state index in [1.54, 1.807) is 0 Å². The molecule has 20 nitrogen and oxygen atoms in total.